The van der Waals surface area contributed by atoms with Crippen molar-refractivity contribution in [3.05, 3.63) is 30.0 Å². The Morgan fingerprint density at radius 3 is 2.96 bits per heavy atom. The number of aryl methyl sites for hydroxylation is 1. The topological polar surface area (TPSA) is 20.6 Å². The van der Waals surface area contributed by atoms with Gasteiger partial charge >= 0.3 is 0 Å². The summed E-state index contributed by atoms with van der Waals surface area (Å²) < 4.78 is 7.60. The summed E-state index contributed by atoms with van der Waals surface area (Å²) in [5, 5.41) is 1.36. The first-order valence-electron chi connectivity index (χ1n) is 8.76. The molecule has 3 heterocycles. The van der Waals surface area contributed by atoms with Crippen molar-refractivity contribution in [2.24, 2.45) is 7.05 Å². The molecule has 2 aromatic rings. The fourth-order valence-electron chi connectivity index (χ4n) is 4.39. The van der Waals surface area contributed by atoms with Gasteiger partial charge in [-0.3, -0.25) is 9.80 Å². The molecule has 124 valence electrons. The lowest BCUT2D eigenvalue weighted by atomic mass is 10.1. The zero-order valence-corrected chi connectivity index (χ0v) is 14.5. The van der Waals surface area contributed by atoms with Crippen molar-refractivity contribution in [1.29, 1.82) is 0 Å². The van der Waals surface area contributed by atoms with E-state index in [2.05, 4.69) is 52.7 Å². The quantitative estimate of drug-likeness (QED) is 0.869. The minimum absolute atomic E-state index is 0.637. The van der Waals surface area contributed by atoms with Gasteiger partial charge in [-0.25, -0.2) is 0 Å². The molecule has 0 spiro atoms. The minimum atomic E-state index is 0.637. The summed E-state index contributed by atoms with van der Waals surface area (Å²) in [4.78, 5) is 5.36. The molecule has 4 nitrogen and oxygen atoms in total. The number of piperazine rings is 1. The van der Waals surface area contributed by atoms with Gasteiger partial charge < -0.3 is 9.30 Å². The Labute approximate surface area is 138 Å². The molecule has 0 bridgehead atoms. The Bertz CT molecular complexity index is 708. The molecule has 0 amide bonds. The molecule has 2 atom stereocenters. The zero-order valence-electron chi connectivity index (χ0n) is 14.5. The molecule has 0 aliphatic carbocycles. The van der Waals surface area contributed by atoms with Crippen LogP contribution < -0.4 is 4.74 Å². The van der Waals surface area contributed by atoms with Crippen LogP contribution in [0.3, 0.4) is 0 Å². The predicted octanol–water partition coefficient (Wildman–Crippen LogP) is 2.86. The second-order valence-corrected chi connectivity index (χ2v) is 7.22. The Balaban J connectivity index is 1.60. The molecule has 0 unspecified atom stereocenters. The molecule has 23 heavy (non-hydrogen) atoms. The van der Waals surface area contributed by atoms with Crippen molar-refractivity contribution < 1.29 is 4.74 Å². The van der Waals surface area contributed by atoms with Gasteiger partial charge in [-0.1, -0.05) is 0 Å². The molecule has 2 aliphatic rings. The molecule has 2 fully saturated rings. The third-order valence-corrected chi connectivity index (χ3v) is 5.72. The third-order valence-electron chi connectivity index (χ3n) is 5.72. The maximum atomic E-state index is 5.37. The third kappa shape index (κ3) is 2.64. The highest BCUT2D eigenvalue weighted by Crippen LogP contribution is 2.29. The Morgan fingerprint density at radius 1 is 1.26 bits per heavy atom. The number of methoxy groups -OCH3 is 1. The van der Waals surface area contributed by atoms with Crippen LogP contribution in [0.2, 0.25) is 0 Å². The maximum absolute atomic E-state index is 5.37. The van der Waals surface area contributed by atoms with Crippen LogP contribution in [-0.2, 0) is 13.6 Å². The van der Waals surface area contributed by atoms with Gasteiger partial charge in [0.1, 0.15) is 5.75 Å². The molecule has 1 aromatic carbocycles. The number of aromatic nitrogens is 1. The number of hydrogen-bond acceptors (Lipinski definition) is 3. The maximum Gasteiger partial charge on any atom is 0.120 e. The first kappa shape index (κ1) is 15.0. The number of fused-ring (bicyclic) bond motifs is 2. The van der Waals surface area contributed by atoms with Gasteiger partial charge in [0, 0.05) is 56.4 Å². The van der Waals surface area contributed by atoms with Gasteiger partial charge in [-0.2, -0.15) is 0 Å². The summed E-state index contributed by atoms with van der Waals surface area (Å²) in [5.41, 5.74) is 2.69. The fourth-order valence-corrected chi connectivity index (χ4v) is 4.39. The van der Waals surface area contributed by atoms with E-state index in [1.54, 1.807) is 7.11 Å². The zero-order chi connectivity index (χ0) is 16.0. The highest BCUT2D eigenvalue weighted by atomic mass is 16.5. The molecule has 0 saturated carbocycles. The van der Waals surface area contributed by atoms with Gasteiger partial charge in [0.15, 0.2) is 0 Å². The second-order valence-electron chi connectivity index (χ2n) is 7.22. The molecule has 4 rings (SSSR count). The predicted molar refractivity (Wildman–Crippen MR) is 93.9 cm³/mol. The molecule has 4 heteroatoms. The van der Waals surface area contributed by atoms with E-state index in [1.165, 1.54) is 48.9 Å². The summed E-state index contributed by atoms with van der Waals surface area (Å²) in [6.07, 6.45) is 5.03. The van der Waals surface area contributed by atoms with E-state index in [0.717, 1.165) is 18.3 Å². The first-order valence-corrected chi connectivity index (χ1v) is 8.76. The van der Waals surface area contributed by atoms with Crippen LogP contribution in [0.15, 0.2) is 24.4 Å². The number of ether oxygens (including phenoxy) is 1. The monoisotopic (exact) mass is 313 g/mol. The Hall–Kier alpha value is -1.52. The highest BCUT2D eigenvalue weighted by molar-refractivity contribution is 5.85. The molecular weight excluding hydrogens is 286 g/mol. The van der Waals surface area contributed by atoms with Gasteiger partial charge in [-0.05, 0) is 44.0 Å². The summed E-state index contributed by atoms with van der Waals surface area (Å²) in [7, 11) is 3.86. The number of hydrogen-bond donors (Lipinski definition) is 0. The van der Waals surface area contributed by atoms with Crippen molar-refractivity contribution in [2.45, 2.75) is 38.4 Å². The van der Waals surface area contributed by atoms with Crippen LogP contribution in [0, 0.1) is 0 Å². The van der Waals surface area contributed by atoms with Gasteiger partial charge in [0.25, 0.3) is 0 Å². The Morgan fingerprint density at radius 2 is 2.13 bits per heavy atom. The first-order chi connectivity index (χ1) is 11.2. The molecular formula is C19H27N3O. The number of rotatable bonds is 3. The fraction of sp³-hybridized carbons (Fsp3) is 0.579. The van der Waals surface area contributed by atoms with Crippen molar-refractivity contribution in [3.8, 4) is 5.75 Å². The number of benzene rings is 1. The molecule has 0 radical (unpaired) electrons. The van der Waals surface area contributed by atoms with E-state index >= 15 is 0 Å². The van der Waals surface area contributed by atoms with Crippen molar-refractivity contribution in [2.75, 3.05) is 26.7 Å². The van der Waals surface area contributed by atoms with E-state index in [4.69, 9.17) is 4.74 Å². The molecule has 0 N–H and O–H groups in total. The lowest BCUT2D eigenvalue weighted by Gasteiger charge is -2.42. The van der Waals surface area contributed by atoms with Crippen LogP contribution in [0.25, 0.3) is 10.9 Å². The van der Waals surface area contributed by atoms with E-state index < -0.39 is 0 Å². The van der Waals surface area contributed by atoms with Crippen LogP contribution >= 0.6 is 0 Å². The van der Waals surface area contributed by atoms with Crippen molar-refractivity contribution in [3.63, 3.8) is 0 Å². The van der Waals surface area contributed by atoms with Crippen molar-refractivity contribution >= 4 is 10.9 Å². The summed E-state index contributed by atoms with van der Waals surface area (Å²) in [6.45, 7) is 7.17. The smallest absolute Gasteiger partial charge is 0.120 e. The van der Waals surface area contributed by atoms with E-state index in [-0.39, 0.29) is 0 Å². The Kier molecular flexibility index (Phi) is 3.82. The number of nitrogens with zero attached hydrogens (tertiary/aromatic N) is 3. The van der Waals surface area contributed by atoms with Crippen LogP contribution in [0.4, 0.5) is 0 Å². The average Bonchev–Trinajstić information content (AvgIpc) is 3.12. The van der Waals surface area contributed by atoms with Crippen molar-refractivity contribution in [1.82, 2.24) is 14.4 Å². The molecule has 2 aliphatic heterocycles. The minimum Gasteiger partial charge on any atom is -0.497 e. The van der Waals surface area contributed by atoms with Crippen LogP contribution in [0.1, 0.15) is 25.3 Å². The highest BCUT2D eigenvalue weighted by Gasteiger charge is 2.34. The van der Waals surface area contributed by atoms with E-state index in [0.29, 0.717) is 6.04 Å². The normalized spacial score (nSPS) is 25.9. The summed E-state index contributed by atoms with van der Waals surface area (Å²) in [5.74, 6) is 0.929. The molecule has 1 aromatic heterocycles. The standard InChI is InChI=1S/C19H27N3O/c1-14-10-21-8-4-5-16(21)13-22(14)12-15-11-20(2)19-9-17(23-3)6-7-18(15)19/h6-7,9,11,14,16H,4-5,8,10,12-13H2,1-3H3/t14-,16+/m1/s1. The van der Waals surface area contributed by atoms with E-state index in [9.17, 15) is 0 Å². The van der Waals surface area contributed by atoms with Crippen LogP contribution in [-0.4, -0.2) is 53.2 Å². The second kappa shape index (κ2) is 5.84. The average molecular weight is 313 g/mol. The van der Waals surface area contributed by atoms with Crippen LogP contribution in [0.5, 0.6) is 5.75 Å². The lowest BCUT2D eigenvalue weighted by molar-refractivity contribution is 0.0543. The van der Waals surface area contributed by atoms with Gasteiger partial charge in [0.05, 0.1) is 12.6 Å². The van der Waals surface area contributed by atoms with E-state index in [1.807, 2.05) is 0 Å². The van der Waals surface area contributed by atoms with Gasteiger partial charge in [-0.15, -0.1) is 0 Å². The van der Waals surface area contributed by atoms with Gasteiger partial charge in [0.2, 0.25) is 0 Å². The lowest BCUT2D eigenvalue weighted by Crippen LogP contribution is -2.54. The summed E-state index contributed by atoms with van der Waals surface area (Å²) >= 11 is 0. The summed E-state index contributed by atoms with van der Waals surface area (Å²) in [6, 6.07) is 7.83. The molecule has 2 saturated heterocycles. The largest absolute Gasteiger partial charge is 0.497 e. The SMILES string of the molecule is COc1ccc2c(CN3C[C@@H]4CCCN4C[C@H]3C)cn(C)c2c1.